The molecule has 10 rings (SSSR count). The van der Waals surface area contributed by atoms with E-state index in [1.807, 2.05) is 66.7 Å². The zero-order valence-corrected chi connectivity index (χ0v) is 26.1. The fourth-order valence-corrected chi connectivity index (χ4v) is 10.8. The van der Waals surface area contributed by atoms with Crippen molar-refractivity contribution in [2.75, 3.05) is 0 Å². The summed E-state index contributed by atoms with van der Waals surface area (Å²) >= 11 is 0. The third-order valence-corrected chi connectivity index (χ3v) is 12.8. The van der Waals surface area contributed by atoms with Crippen LogP contribution in [-0.4, -0.2) is 14.5 Å². The summed E-state index contributed by atoms with van der Waals surface area (Å²) in [5.41, 5.74) is 6.64. The molecule has 1 aliphatic rings. The second-order valence-electron chi connectivity index (χ2n) is 12.1. The molecule has 9 aromatic rings. The first-order valence-corrected chi connectivity index (χ1v) is 17.5. The van der Waals surface area contributed by atoms with Gasteiger partial charge in [0.1, 0.15) is 0 Å². The summed E-state index contributed by atoms with van der Waals surface area (Å²) in [4.78, 5) is 10.6. The van der Waals surface area contributed by atoms with Crippen molar-refractivity contribution in [3.05, 3.63) is 158 Å². The minimum absolute atomic E-state index is 0.557. The van der Waals surface area contributed by atoms with E-state index in [2.05, 4.69) is 95.6 Å². The number of aromatic nitrogens is 3. The lowest BCUT2D eigenvalue weighted by Crippen LogP contribution is -2.22. The molecule has 4 nitrogen and oxygen atoms in total. The van der Waals surface area contributed by atoms with Gasteiger partial charge in [0.2, 0.25) is 5.95 Å². The SMILES string of the molecule is O=P1(c2ccccc2)c2ccccc2-c2ccc3c4ccccc4n(-c4nc(-c5ccc6ccccc6c5)c5ccccc5n4)c3c21. The molecule has 220 valence electrons. The monoisotopic (exact) mass is 619 g/mol. The first kappa shape index (κ1) is 26.4. The summed E-state index contributed by atoms with van der Waals surface area (Å²) in [5, 5.41) is 7.99. The van der Waals surface area contributed by atoms with Crippen LogP contribution in [0.4, 0.5) is 0 Å². The average Bonchev–Trinajstić information content (AvgIpc) is 3.61. The van der Waals surface area contributed by atoms with Crippen LogP contribution in [0.3, 0.4) is 0 Å². The third-order valence-electron chi connectivity index (χ3n) is 9.59. The van der Waals surface area contributed by atoms with Crippen LogP contribution >= 0.6 is 7.14 Å². The van der Waals surface area contributed by atoms with Gasteiger partial charge < -0.3 is 4.57 Å². The van der Waals surface area contributed by atoms with Crippen LogP contribution in [0.25, 0.3) is 71.8 Å². The van der Waals surface area contributed by atoms with E-state index < -0.39 is 7.14 Å². The van der Waals surface area contributed by atoms with Gasteiger partial charge in [-0.15, -0.1) is 0 Å². The minimum atomic E-state index is -3.27. The quantitative estimate of drug-likeness (QED) is 0.185. The number of fused-ring (bicyclic) bond motifs is 9. The van der Waals surface area contributed by atoms with Gasteiger partial charge in [-0.05, 0) is 40.1 Å². The Balaban J connectivity index is 1.36. The van der Waals surface area contributed by atoms with E-state index in [1.54, 1.807) is 0 Å². The summed E-state index contributed by atoms with van der Waals surface area (Å²) in [6.45, 7) is 0. The van der Waals surface area contributed by atoms with Gasteiger partial charge in [0, 0.05) is 32.3 Å². The van der Waals surface area contributed by atoms with E-state index in [9.17, 15) is 0 Å². The molecule has 3 heterocycles. The molecule has 0 saturated carbocycles. The highest BCUT2D eigenvalue weighted by Gasteiger charge is 2.43. The molecule has 1 unspecified atom stereocenters. The van der Waals surface area contributed by atoms with Gasteiger partial charge in [0.15, 0.2) is 7.14 Å². The van der Waals surface area contributed by atoms with Crippen LogP contribution in [0.1, 0.15) is 0 Å². The number of hydrogen-bond acceptors (Lipinski definition) is 3. The Hall–Kier alpha value is -5.83. The summed E-state index contributed by atoms with van der Waals surface area (Å²) in [6.07, 6.45) is 0. The van der Waals surface area contributed by atoms with Crippen molar-refractivity contribution in [3.8, 4) is 28.3 Å². The molecule has 0 aliphatic carbocycles. The number of benzene rings is 7. The van der Waals surface area contributed by atoms with E-state index in [-0.39, 0.29) is 0 Å². The van der Waals surface area contributed by atoms with Crippen LogP contribution in [0, 0.1) is 0 Å². The lowest BCUT2D eigenvalue weighted by Gasteiger charge is -2.18. The number of para-hydroxylation sites is 2. The predicted molar refractivity (Wildman–Crippen MR) is 195 cm³/mol. The molecular weight excluding hydrogens is 593 g/mol. The van der Waals surface area contributed by atoms with Crippen molar-refractivity contribution >= 4 is 66.5 Å². The molecule has 0 bridgehead atoms. The van der Waals surface area contributed by atoms with Gasteiger partial charge in [-0.2, -0.15) is 0 Å². The van der Waals surface area contributed by atoms with E-state index >= 15 is 4.57 Å². The molecule has 0 saturated heterocycles. The Kier molecular flexibility index (Phi) is 5.52. The van der Waals surface area contributed by atoms with Gasteiger partial charge in [0.05, 0.1) is 27.5 Å². The Morgan fingerprint density at radius 1 is 0.532 bits per heavy atom. The molecule has 5 heteroatoms. The standard InChI is InChI=1S/C42H26N3OP/c46-47(30-14-2-1-3-15-30)38-21-11-8-17-32(38)34-25-24-33-31-16-7-10-20-37(31)45(40(33)41(34)47)42-43-36-19-9-6-18-35(36)39(44-42)29-23-22-27-12-4-5-13-28(27)26-29/h1-26H. The molecular formula is C42H26N3OP. The molecule has 47 heavy (non-hydrogen) atoms. The molecule has 2 aromatic heterocycles. The average molecular weight is 620 g/mol. The van der Waals surface area contributed by atoms with E-state index in [1.165, 1.54) is 5.39 Å². The van der Waals surface area contributed by atoms with E-state index in [0.717, 1.165) is 76.4 Å². The molecule has 0 radical (unpaired) electrons. The lowest BCUT2D eigenvalue weighted by molar-refractivity contribution is 0.593. The van der Waals surface area contributed by atoms with Gasteiger partial charge in [0.25, 0.3) is 0 Å². The second kappa shape index (κ2) is 9.83. The molecule has 1 atom stereocenters. The van der Waals surface area contributed by atoms with Crippen molar-refractivity contribution < 1.29 is 4.57 Å². The number of nitrogens with zero attached hydrogens (tertiary/aromatic N) is 3. The number of rotatable bonds is 3. The first-order valence-electron chi connectivity index (χ1n) is 15.8. The summed E-state index contributed by atoms with van der Waals surface area (Å²) in [5.74, 6) is 0.557. The van der Waals surface area contributed by atoms with Gasteiger partial charge in [-0.25, -0.2) is 9.97 Å². The van der Waals surface area contributed by atoms with Gasteiger partial charge >= 0.3 is 0 Å². The summed E-state index contributed by atoms with van der Waals surface area (Å²) in [7, 11) is -3.27. The minimum Gasteiger partial charge on any atom is -0.309 e. The highest BCUT2D eigenvalue weighted by molar-refractivity contribution is 7.86. The predicted octanol–water partition coefficient (Wildman–Crippen LogP) is 9.17. The zero-order valence-electron chi connectivity index (χ0n) is 25.2. The molecule has 0 N–H and O–H groups in total. The fraction of sp³-hybridized carbons (Fsp3) is 0. The summed E-state index contributed by atoms with van der Waals surface area (Å²) < 4.78 is 18.1. The highest BCUT2D eigenvalue weighted by Crippen LogP contribution is 2.54. The Morgan fingerprint density at radius 2 is 1.26 bits per heavy atom. The van der Waals surface area contributed by atoms with Crippen molar-refractivity contribution in [1.29, 1.82) is 0 Å². The largest absolute Gasteiger partial charge is 0.309 e. The van der Waals surface area contributed by atoms with Crippen LogP contribution < -0.4 is 15.9 Å². The Bertz CT molecular complexity index is 2780. The van der Waals surface area contributed by atoms with Crippen LogP contribution in [-0.2, 0) is 4.57 Å². The molecule has 0 fully saturated rings. The van der Waals surface area contributed by atoms with E-state index in [0.29, 0.717) is 5.95 Å². The number of hydrogen-bond donors (Lipinski definition) is 0. The Labute approximate surface area is 271 Å². The van der Waals surface area contributed by atoms with Gasteiger partial charge in [-0.3, -0.25) is 4.57 Å². The fourth-order valence-electron chi connectivity index (χ4n) is 7.51. The molecule has 0 amide bonds. The van der Waals surface area contributed by atoms with Crippen molar-refractivity contribution in [2.24, 2.45) is 0 Å². The van der Waals surface area contributed by atoms with Crippen molar-refractivity contribution in [2.45, 2.75) is 0 Å². The normalized spacial score (nSPS) is 15.4. The van der Waals surface area contributed by atoms with Crippen LogP contribution in [0.2, 0.25) is 0 Å². The first-order chi connectivity index (χ1) is 23.2. The Morgan fingerprint density at radius 3 is 2.15 bits per heavy atom. The second-order valence-corrected chi connectivity index (χ2v) is 14.8. The lowest BCUT2D eigenvalue weighted by atomic mass is 10.0. The smallest absolute Gasteiger partial charge is 0.235 e. The van der Waals surface area contributed by atoms with Crippen LogP contribution in [0.5, 0.6) is 0 Å². The van der Waals surface area contributed by atoms with Crippen LogP contribution in [0.15, 0.2) is 158 Å². The topological polar surface area (TPSA) is 47.8 Å². The maximum Gasteiger partial charge on any atom is 0.235 e. The maximum atomic E-state index is 15.9. The highest BCUT2D eigenvalue weighted by atomic mass is 31.2. The zero-order chi connectivity index (χ0) is 31.1. The van der Waals surface area contributed by atoms with Crippen molar-refractivity contribution in [3.63, 3.8) is 0 Å². The van der Waals surface area contributed by atoms with Crippen molar-refractivity contribution in [1.82, 2.24) is 14.5 Å². The maximum absolute atomic E-state index is 15.9. The molecule has 7 aromatic carbocycles. The van der Waals surface area contributed by atoms with E-state index in [4.69, 9.17) is 9.97 Å². The van der Waals surface area contributed by atoms with Gasteiger partial charge in [-0.1, -0.05) is 140 Å². The third kappa shape index (κ3) is 3.68. The molecule has 0 spiro atoms. The molecule has 1 aliphatic heterocycles. The summed E-state index contributed by atoms with van der Waals surface area (Å²) in [6, 6.07) is 53.9.